The number of hydrogen-bond acceptors (Lipinski definition) is 2. The van der Waals surface area contributed by atoms with E-state index in [4.69, 9.17) is 0 Å². The average molecular weight is 298 g/mol. The van der Waals surface area contributed by atoms with Gasteiger partial charge in [-0.15, -0.1) is 0 Å². The van der Waals surface area contributed by atoms with Crippen molar-refractivity contribution in [3.63, 3.8) is 0 Å². The number of carbonyl (C=O) groups excluding carboxylic acids is 1. The fourth-order valence-electron chi connectivity index (χ4n) is 3.00. The van der Waals surface area contributed by atoms with Crippen LogP contribution in [0.5, 0.6) is 0 Å². The summed E-state index contributed by atoms with van der Waals surface area (Å²) >= 11 is 0. The predicted octanol–water partition coefficient (Wildman–Crippen LogP) is 3.19. The van der Waals surface area contributed by atoms with E-state index < -0.39 is 12.0 Å². The Hall–Kier alpha value is -1.26. The molecule has 5 heteroatoms. The smallest absolute Gasteiger partial charge is 0.326 e. The molecule has 0 aromatic rings. The van der Waals surface area contributed by atoms with Crippen molar-refractivity contribution < 1.29 is 14.7 Å². The van der Waals surface area contributed by atoms with Crippen LogP contribution >= 0.6 is 0 Å². The first-order valence-corrected chi connectivity index (χ1v) is 8.24. The molecule has 1 aliphatic heterocycles. The molecule has 5 nitrogen and oxygen atoms in total. The number of aliphatic carboxylic acids is 1. The fourth-order valence-corrected chi connectivity index (χ4v) is 3.00. The Morgan fingerprint density at radius 3 is 2.57 bits per heavy atom. The number of carbonyl (C=O) groups is 2. The minimum Gasteiger partial charge on any atom is -0.480 e. The number of amides is 2. The van der Waals surface area contributed by atoms with Gasteiger partial charge in [0.15, 0.2) is 0 Å². The van der Waals surface area contributed by atoms with Gasteiger partial charge in [0.1, 0.15) is 6.04 Å². The second-order valence-corrected chi connectivity index (χ2v) is 6.18. The second-order valence-electron chi connectivity index (χ2n) is 6.18. The molecule has 1 aliphatic rings. The van der Waals surface area contributed by atoms with Gasteiger partial charge in [-0.1, -0.05) is 27.2 Å². The molecule has 1 heterocycles. The van der Waals surface area contributed by atoms with Crippen LogP contribution in [0.25, 0.3) is 0 Å². The van der Waals surface area contributed by atoms with E-state index in [-0.39, 0.29) is 18.0 Å². The van der Waals surface area contributed by atoms with Crippen molar-refractivity contribution in [2.24, 2.45) is 5.92 Å². The van der Waals surface area contributed by atoms with Crippen LogP contribution in [0.15, 0.2) is 0 Å². The van der Waals surface area contributed by atoms with Crippen molar-refractivity contribution >= 4 is 12.0 Å². The van der Waals surface area contributed by atoms with E-state index in [1.165, 1.54) is 0 Å². The molecule has 122 valence electrons. The molecule has 0 saturated carbocycles. The third-order valence-electron chi connectivity index (χ3n) is 4.55. The standard InChI is InChI=1S/C16H30N2O3/c1-5-7-10-17(13(4)6-2)16(21)18-11-8-9-12(3)14(18)15(19)20/h12-14H,5-11H2,1-4H3,(H,19,20). The van der Waals surface area contributed by atoms with Gasteiger partial charge in [-0.05, 0) is 38.5 Å². The van der Waals surface area contributed by atoms with Crippen LogP contribution in [-0.2, 0) is 4.79 Å². The summed E-state index contributed by atoms with van der Waals surface area (Å²) in [6.45, 7) is 9.39. The van der Waals surface area contributed by atoms with Gasteiger partial charge in [0.25, 0.3) is 0 Å². The van der Waals surface area contributed by atoms with Gasteiger partial charge in [-0.2, -0.15) is 0 Å². The van der Waals surface area contributed by atoms with Gasteiger partial charge in [0.05, 0.1) is 0 Å². The summed E-state index contributed by atoms with van der Waals surface area (Å²) < 4.78 is 0. The van der Waals surface area contributed by atoms with Crippen LogP contribution in [0.4, 0.5) is 4.79 Å². The number of urea groups is 1. The van der Waals surface area contributed by atoms with Gasteiger partial charge < -0.3 is 14.9 Å². The third kappa shape index (κ3) is 4.35. The number of nitrogens with zero attached hydrogens (tertiary/aromatic N) is 2. The van der Waals surface area contributed by atoms with Crippen molar-refractivity contribution in [1.29, 1.82) is 0 Å². The summed E-state index contributed by atoms with van der Waals surface area (Å²) in [6.07, 6.45) is 4.63. The first-order valence-electron chi connectivity index (χ1n) is 8.24. The fraction of sp³-hybridized carbons (Fsp3) is 0.875. The quantitative estimate of drug-likeness (QED) is 0.819. The zero-order valence-electron chi connectivity index (χ0n) is 13.8. The Morgan fingerprint density at radius 2 is 2.05 bits per heavy atom. The van der Waals surface area contributed by atoms with Crippen LogP contribution in [0.3, 0.4) is 0 Å². The summed E-state index contributed by atoms with van der Waals surface area (Å²) in [4.78, 5) is 27.8. The second kappa shape index (κ2) is 8.25. The largest absolute Gasteiger partial charge is 0.480 e. The van der Waals surface area contributed by atoms with Crippen LogP contribution in [0.2, 0.25) is 0 Å². The van der Waals surface area contributed by atoms with E-state index in [1.807, 2.05) is 18.7 Å². The van der Waals surface area contributed by atoms with Gasteiger partial charge in [0.2, 0.25) is 0 Å². The van der Waals surface area contributed by atoms with E-state index in [1.54, 1.807) is 4.90 Å². The first kappa shape index (κ1) is 17.8. The molecule has 0 spiro atoms. The van der Waals surface area contributed by atoms with E-state index in [0.717, 1.165) is 32.1 Å². The molecular weight excluding hydrogens is 268 g/mol. The van der Waals surface area contributed by atoms with Gasteiger partial charge in [-0.3, -0.25) is 0 Å². The van der Waals surface area contributed by atoms with Crippen molar-refractivity contribution in [3.05, 3.63) is 0 Å². The number of unbranched alkanes of at least 4 members (excludes halogenated alkanes) is 1. The van der Waals surface area contributed by atoms with Gasteiger partial charge in [0, 0.05) is 19.1 Å². The number of piperidine rings is 1. The van der Waals surface area contributed by atoms with Crippen molar-refractivity contribution in [3.8, 4) is 0 Å². The van der Waals surface area contributed by atoms with Crippen molar-refractivity contribution in [2.75, 3.05) is 13.1 Å². The summed E-state index contributed by atoms with van der Waals surface area (Å²) in [5.74, 6) is -0.861. The summed E-state index contributed by atoms with van der Waals surface area (Å²) in [6, 6.07) is -0.632. The van der Waals surface area contributed by atoms with E-state index in [2.05, 4.69) is 13.8 Å². The molecule has 0 bridgehead atoms. The number of carboxylic acids is 1. The van der Waals surface area contributed by atoms with Crippen molar-refractivity contribution in [2.45, 2.75) is 71.9 Å². The maximum Gasteiger partial charge on any atom is 0.326 e. The first-order chi connectivity index (χ1) is 9.93. The van der Waals surface area contributed by atoms with Gasteiger partial charge in [-0.25, -0.2) is 9.59 Å². The lowest BCUT2D eigenvalue weighted by molar-refractivity contribution is -0.145. The molecule has 21 heavy (non-hydrogen) atoms. The summed E-state index contributed by atoms with van der Waals surface area (Å²) in [5, 5.41) is 9.47. The molecule has 2 amide bonds. The Bertz CT molecular complexity index is 359. The average Bonchev–Trinajstić information content (AvgIpc) is 2.46. The molecule has 1 saturated heterocycles. The topological polar surface area (TPSA) is 60.9 Å². The predicted molar refractivity (Wildman–Crippen MR) is 83.3 cm³/mol. The molecule has 3 atom stereocenters. The monoisotopic (exact) mass is 298 g/mol. The maximum absolute atomic E-state index is 12.9. The highest BCUT2D eigenvalue weighted by molar-refractivity contribution is 5.83. The molecule has 0 aromatic carbocycles. The maximum atomic E-state index is 12.9. The molecule has 0 aromatic heterocycles. The molecule has 1 rings (SSSR count). The number of carboxylic acid groups (broad SMARTS) is 1. The number of likely N-dealkylation sites (tertiary alicyclic amines) is 1. The number of rotatable bonds is 6. The number of hydrogen-bond donors (Lipinski definition) is 1. The van der Waals surface area contributed by atoms with Crippen molar-refractivity contribution in [1.82, 2.24) is 9.80 Å². The van der Waals surface area contributed by atoms with Gasteiger partial charge >= 0.3 is 12.0 Å². The lowest BCUT2D eigenvalue weighted by Gasteiger charge is -2.41. The molecule has 3 unspecified atom stereocenters. The van der Waals surface area contributed by atoms with Crippen LogP contribution in [0, 0.1) is 5.92 Å². The Kier molecular flexibility index (Phi) is 6.99. The Morgan fingerprint density at radius 1 is 1.38 bits per heavy atom. The minimum atomic E-state index is -0.879. The highest BCUT2D eigenvalue weighted by Crippen LogP contribution is 2.25. The van der Waals surface area contributed by atoms with Crippen LogP contribution in [-0.4, -0.2) is 52.1 Å². The Balaban J connectivity index is 2.91. The van der Waals surface area contributed by atoms with E-state index in [9.17, 15) is 14.7 Å². The lowest BCUT2D eigenvalue weighted by atomic mass is 9.91. The van der Waals surface area contributed by atoms with E-state index in [0.29, 0.717) is 13.1 Å². The molecule has 1 N–H and O–H groups in total. The highest BCUT2D eigenvalue weighted by atomic mass is 16.4. The molecule has 0 radical (unpaired) electrons. The normalized spacial score (nSPS) is 23.7. The third-order valence-corrected chi connectivity index (χ3v) is 4.55. The Labute approximate surface area is 128 Å². The zero-order valence-corrected chi connectivity index (χ0v) is 13.8. The van der Waals surface area contributed by atoms with Crippen LogP contribution in [0.1, 0.15) is 59.8 Å². The van der Waals surface area contributed by atoms with Crippen LogP contribution < -0.4 is 0 Å². The molecule has 1 fully saturated rings. The SMILES string of the molecule is CCCCN(C(=O)N1CCCC(C)C1C(=O)O)C(C)CC. The zero-order chi connectivity index (χ0) is 16.0. The van der Waals surface area contributed by atoms with E-state index >= 15 is 0 Å². The molecule has 0 aliphatic carbocycles. The summed E-state index contributed by atoms with van der Waals surface area (Å²) in [7, 11) is 0. The summed E-state index contributed by atoms with van der Waals surface area (Å²) in [5.41, 5.74) is 0. The highest BCUT2D eigenvalue weighted by Gasteiger charge is 2.39. The lowest BCUT2D eigenvalue weighted by Crippen LogP contribution is -2.57. The minimum absolute atomic E-state index is 0.0187. The molecular formula is C16H30N2O3.